The summed E-state index contributed by atoms with van der Waals surface area (Å²) in [6.07, 6.45) is 1.60. The van der Waals surface area contributed by atoms with Gasteiger partial charge in [-0.2, -0.15) is 4.31 Å². The van der Waals surface area contributed by atoms with Crippen molar-refractivity contribution in [2.24, 2.45) is 0 Å². The third-order valence-corrected chi connectivity index (χ3v) is 5.99. The number of rotatable bonds is 3. The molecular weight excluding hydrogens is 343 g/mol. The summed E-state index contributed by atoms with van der Waals surface area (Å²) in [6, 6.07) is 4.87. The molecule has 0 bridgehead atoms. The van der Waals surface area contributed by atoms with Crippen molar-refractivity contribution in [3.8, 4) is 0 Å². The Balaban J connectivity index is 0.00000200. The maximum Gasteiger partial charge on any atom is 0.244 e. The van der Waals surface area contributed by atoms with E-state index in [1.165, 1.54) is 16.4 Å². The van der Waals surface area contributed by atoms with E-state index in [1.807, 2.05) is 7.05 Å². The maximum atomic E-state index is 12.5. The number of benzene rings is 1. The van der Waals surface area contributed by atoms with Crippen LogP contribution in [0.2, 0.25) is 10.0 Å². The Morgan fingerprint density at radius 1 is 1.25 bits per heavy atom. The Labute approximate surface area is 135 Å². The normalized spacial score (nSPS) is 17.8. The molecule has 0 saturated carbocycles. The molecule has 1 aliphatic heterocycles. The maximum absolute atomic E-state index is 12.5. The molecule has 1 aromatic rings. The van der Waals surface area contributed by atoms with Crippen LogP contribution < -0.4 is 5.32 Å². The lowest BCUT2D eigenvalue weighted by molar-refractivity contribution is 0.298. The molecule has 0 aromatic heterocycles. The molecular formula is C12H17Cl3N2O2S. The SMILES string of the molecule is CNC1CCN(S(=O)(=O)c2cc(Cl)ccc2Cl)CC1.Cl. The Bertz CT molecular complexity index is 558. The first-order valence-corrected chi connectivity index (χ1v) is 8.27. The minimum atomic E-state index is -3.56. The first kappa shape index (κ1) is 18.0. The average Bonchev–Trinajstić information content (AvgIpc) is 2.41. The topological polar surface area (TPSA) is 49.4 Å². The summed E-state index contributed by atoms with van der Waals surface area (Å²) in [5.41, 5.74) is 0. The Hall–Kier alpha value is -0.0400. The summed E-state index contributed by atoms with van der Waals surface area (Å²) in [5, 5.41) is 3.74. The number of piperidine rings is 1. The summed E-state index contributed by atoms with van der Waals surface area (Å²) < 4.78 is 26.5. The van der Waals surface area contributed by atoms with E-state index in [0.717, 1.165) is 12.8 Å². The fraction of sp³-hybridized carbons (Fsp3) is 0.500. The minimum Gasteiger partial charge on any atom is -0.317 e. The molecule has 4 nitrogen and oxygen atoms in total. The van der Waals surface area contributed by atoms with Crippen molar-refractivity contribution in [1.82, 2.24) is 9.62 Å². The van der Waals surface area contributed by atoms with Crippen LogP contribution in [0.1, 0.15) is 12.8 Å². The van der Waals surface area contributed by atoms with Crippen molar-refractivity contribution < 1.29 is 8.42 Å². The van der Waals surface area contributed by atoms with Gasteiger partial charge in [-0.1, -0.05) is 23.2 Å². The molecule has 2 rings (SSSR count). The molecule has 8 heteroatoms. The predicted octanol–water partition coefficient (Wildman–Crippen LogP) is 2.79. The summed E-state index contributed by atoms with van der Waals surface area (Å²) in [4.78, 5) is 0.0876. The summed E-state index contributed by atoms with van der Waals surface area (Å²) in [7, 11) is -1.67. The molecule has 0 atom stereocenters. The second-order valence-electron chi connectivity index (χ2n) is 4.54. The minimum absolute atomic E-state index is 0. The molecule has 1 aliphatic rings. The highest BCUT2D eigenvalue weighted by atomic mass is 35.5. The highest BCUT2D eigenvalue weighted by Crippen LogP contribution is 2.29. The van der Waals surface area contributed by atoms with Gasteiger partial charge in [-0.15, -0.1) is 12.4 Å². The van der Waals surface area contributed by atoms with Gasteiger partial charge in [0.05, 0.1) is 5.02 Å². The quantitative estimate of drug-likeness (QED) is 0.903. The first-order chi connectivity index (χ1) is 8.95. The van der Waals surface area contributed by atoms with E-state index in [9.17, 15) is 8.42 Å². The lowest BCUT2D eigenvalue weighted by atomic mass is 10.1. The number of nitrogens with zero attached hydrogens (tertiary/aromatic N) is 1. The molecule has 0 amide bonds. The molecule has 0 spiro atoms. The first-order valence-electron chi connectivity index (χ1n) is 6.07. The van der Waals surface area contributed by atoms with Gasteiger partial charge in [0.15, 0.2) is 0 Å². The second-order valence-corrected chi connectivity index (χ2v) is 7.29. The van der Waals surface area contributed by atoms with Crippen molar-refractivity contribution >= 4 is 45.6 Å². The molecule has 1 N–H and O–H groups in total. The number of sulfonamides is 1. The number of halogens is 3. The van der Waals surface area contributed by atoms with Crippen molar-refractivity contribution in [2.45, 2.75) is 23.8 Å². The average molecular weight is 360 g/mol. The van der Waals surface area contributed by atoms with Crippen LogP contribution >= 0.6 is 35.6 Å². The van der Waals surface area contributed by atoms with Crippen LogP contribution in [-0.2, 0) is 10.0 Å². The fourth-order valence-corrected chi connectivity index (χ4v) is 4.41. The van der Waals surface area contributed by atoms with E-state index < -0.39 is 10.0 Å². The molecule has 0 unspecified atom stereocenters. The molecule has 1 saturated heterocycles. The van der Waals surface area contributed by atoms with Crippen LogP contribution in [0, 0.1) is 0 Å². The van der Waals surface area contributed by atoms with Gasteiger partial charge in [-0.05, 0) is 38.1 Å². The van der Waals surface area contributed by atoms with Crippen molar-refractivity contribution in [1.29, 1.82) is 0 Å². The van der Waals surface area contributed by atoms with Crippen LogP contribution in [0.3, 0.4) is 0 Å². The van der Waals surface area contributed by atoms with E-state index in [1.54, 1.807) is 6.07 Å². The summed E-state index contributed by atoms with van der Waals surface area (Å²) >= 11 is 11.8. The molecule has 1 fully saturated rings. The van der Waals surface area contributed by atoms with E-state index in [4.69, 9.17) is 23.2 Å². The number of hydrogen-bond donors (Lipinski definition) is 1. The zero-order valence-corrected chi connectivity index (χ0v) is 14.1. The lowest BCUT2D eigenvalue weighted by Crippen LogP contribution is -2.43. The zero-order chi connectivity index (χ0) is 14.0. The van der Waals surface area contributed by atoms with Crippen LogP contribution in [0.4, 0.5) is 0 Å². The van der Waals surface area contributed by atoms with E-state index in [0.29, 0.717) is 24.2 Å². The molecule has 1 heterocycles. The monoisotopic (exact) mass is 358 g/mol. The lowest BCUT2D eigenvalue weighted by Gasteiger charge is -2.31. The van der Waals surface area contributed by atoms with Gasteiger partial charge < -0.3 is 5.32 Å². The van der Waals surface area contributed by atoms with Gasteiger partial charge in [0.1, 0.15) is 4.90 Å². The Kier molecular flexibility index (Phi) is 6.57. The van der Waals surface area contributed by atoms with Gasteiger partial charge in [-0.3, -0.25) is 0 Å². The predicted molar refractivity (Wildman–Crippen MR) is 84.6 cm³/mol. The van der Waals surface area contributed by atoms with Gasteiger partial charge in [-0.25, -0.2) is 8.42 Å². The van der Waals surface area contributed by atoms with Gasteiger partial charge in [0.2, 0.25) is 10.0 Å². The van der Waals surface area contributed by atoms with Crippen LogP contribution in [-0.4, -0.2) is 38.9 Å². The van der Waals surface area contributed by atoms with Crippen LogP contribution in [0.5, 0.6) is 0 Å². The number of nitrogens with one attached hydrogen (secondary N) is 1. The van der Waals surface area contributed by atoms with Crippen molar-refractivity contribution in [3.05, 3.63) is 28.2 Å². The van der Waals surface area contributed by atoms with Crippen LogP contribution in [0.25, 0.3) is 0 Å². The van der Waals surface area contributed by atoms with Crippen molar-refractivity contribution in [2.75, 3.05) is 20.1 Å². The summed E-state index contributed by atoms with van der Waals surface area (Å²) in [6.45, 7) is 0.993. The third kappa shape index (κ3) is 3.78. The van der Waals surface area contributed by atoms with Gasteiger partial charge >= 0.3 is 0 Å². The second kappa shape index (κ2) is 7.29. The molecule has 0 aliphatic carbocycles. The Morgan fingerprint density at radius 3 is 2.40 bits per heavy atom. The fourth-order valence-electron chi connectivity index (χ4n) is 2.20. The molecule has 20 heavy (non-hydrogen) atoms. The van der Waals surface area contributed by atoms with Gasteiger partial charge in [0.25, 0.3) is 0 Å². The zero-order valence-electron chi connectivity index (χ0n) is 11.0. The summed E-state index contributed by atoms with van der Waals surface area (Å²) in [5.74, 6) is 0. The molecule has 114 valence electrons. The Morgan fingerprint density at radius 2 is 1.85 bits per heavy atom. The molecule has 1 aromatic carbocycles. The third-order valence-electron chi connectivity index (χ3n) is 3.37. The smallest absolute Gasteiger partial charge is 0.244 e. The molecule has 0 radical (unpaired) electrons. The van der Waals surface area contributed by atoms with Crippen molar-refractivity contribution in [3.63, 3.8) is 0 Å². The largest absolute Gasteiger partial charge is 0.317 e. The van der Waals surface area contributed by atoms with Crippen LogP contribution in [0.15, 0.2) is 23.1 Å². The standard InChI is InChI=1S/C12H16Cl2N2O2S.ClH/c1-15-10-4-6-16(7-5-10)19(17,18)12-8-9(13)2-3-11(12)14;/h2-3,8,10,15H,4-7H2,1H3;1H. The highest BCUT2D eigenvalue weighted by Gasteiger charge is 2.30. The highest BCUT2D eigenvalue weighted by molar-refractivity contribution is 7.89. The number of hydrogen-bond acceptors (Lipinski definition) is 3. The van der Waals surface area contributed by atoms with E-state index in [-0.39, 0.29) is 22.3 Å². The van der Waals surface area contributed by atoms with E-state index in [2.05, 4.69) is 5.32 Å². The van der Waals surface area contributed by atoms with E-state index >= 15 is 0 Å². The van der Waals surface area contributed by atoms with Gasteiger partial charge in [0, 0.05) is 24.2 Å².